The van der Waals surface area contributed by atoms with E-state index in [1.807, 2.05) is 42.5 Å². The Kier molecular flexibility index (Phi) is 4.23. The number of anilines is 1. The lowest BCUT2D eigenvalue weighted by Gasteiger charge is -2.09. The summed E-state index contributed by atoms with van der Waals surface area (Å²) in [7, 11) is 1.76. The van der Waals surface area contributed by atoms with Crippen LogP contribution in [0.25, 0.3) is 0 Å². The number of benzene rings is 1. The number of aliphatic imine (C=N–C) groups is 1. The molecule has 0 radical (unpaired) electrons. The lowest BCUT2D eigenvalue weighted by Crippen LogP contribution is -2.28. The summed E-state index contributed by atoms with van der Waals surface area (Å²) >= 11 is 0. The lowest BCUT2D eigenvalue weighted by atomic mass is 10.2. The van der Waals surface area contributed by atoms with Gasteiger partial charge < -0.3 is 10.6 Å². The van der Waals surface area contributed by atoms with Crippen LogP contribution >= 0.6 is 0 Å². The topological polar surface area (TPSA) is 73.2 Å². The molecule has 0 aliphatic rings. The monoisotopic (exact) mass is 253 g/mol. The highest BCUT2D eigenvalue weighted by Gasteiger charge is 2.02. The number of aromatic nitrogens is 1. The maximum atomic E-state index is 7.95. The van der Waals surface area contributed by atoms with E-state index in [0.717, 1.165) is 11.3 Å². The van der Waals surface area contributed by atoms with E-state index in [9.17, 15) is 0 Å². The van der Waals surface area contributed by atoms with E-state index in [1.54, 1.807) is 19.4 Å². The number of amidine groups is 1. The Morgan fingerprint density at radius 3 is 2.42 bits per heavy atom. The van der Waals surface area contributed by atoms with Gasteiger partial charge in [-0.3, -0.25) is 10.4 Å². The molecule has 0 bridgehead atoms. The van der Waals surface area contributed by atoms with Gasteiger partial charge in [0.05, 0.1) is 0 Å². The van der Waals surface area contributed by atoms with Crippen molar-refractivity contribution >= 4 is 17.5 Å². The Labute approximate surface area is 111 Å². The Hall–Kier alpha value is -2.69. The first kappa shape index (κ1) is 12.8. The number of hydrogen-bond acceptors (Lipinski definition) is 2. The van der Waals surface area contributed by atoms with Crippen molar-refractivity contribution in [2.24, 2.45) is 4.99 Å². The summed E-state index contributed by atoms with van der Waals surface area (Å²) in [6.07, 6.45) is 3.39. The van der Waals surface area contributed by atoms with Crippen LogP contribution in [0.15, 0.2) is 59.9 Å². The molecule has 0 unspecified atom stereocenters. The average Bonchev–Trinajstić information content (AvgIpc) is 2.48. The standard InChI is InChI=1S/C14H15N5/c1-16-14(18-12-7-9-17-10-8-12)19-13(15)11-5-3-2-4-6-11/h2-10H,1H3,(H3,15,16,17,18,19). The van der Waals surface area contributed by atoms with Gasteiger partial charge >= 0.3 is 0 Å². The van der Waals surface area contributed by atoms with E-state index in [0.29, 0.717) is 5.96 Å². The van der Waals surface area contributed by atoms with Gasteiger partial charge in [-0.05, 0) is 12.1 Å². The maximum Gasteiger partial charge on any atom is 0.202 e. The van der Waals surface area contributed by atoms with Gasteiger partial charge in [-0.2, -0.15) is 4.99 Å². The summed E-state index contributed by atoms with van der Waals surface area (Å²) in [5, 5.41) is 14.0. The molecule has 19 heavy (non-hydrogen) atoms. The van der Waals surface area contributed by atoms with Crippen molar-refractivity contribution in [2.45, 2.75) is 0 Å². The predicted octanol–water partition coefficient (Wildman–Crippen LogP) is 2.09. The molecule has 0 saturated heterocycles. The lowest BCUT2D eigenvalue weighted by molar-refractivity contribution is 1.15. The van der Waals surface area contributed by atoms with Crippen molar-refractivity contribution in [3.8, 4) is 0 Å². The van der Waals surface area contributed by atoms with Crippen LogP contribution in [0, 0.1) is 5.41 Å². The van der Waals surface area contributed by atoms with Gasteiger partial charge in [0.1, 0.15) is 0 Å². The van der Waals surface area contributed by atoms with Crippen LogP contribution in [0.1, 0.15) is 5.56 Å². The van der Waals surface area contributed by atoms with Crippen LogP contribution in [0.2, 0.25) is 0 Å². The SMILES string of the molecule is CN/C(=N\C(=N)c1ccccc1)Nc1ccncc1. The third-order valence-electron chi connectivity index (χ3n) is 2.45. The number of guanidine groups is 1. The van der Waals surface area contributed by atoms with Crippen LogP contribution in [-0.2, 0) is 0 Å². The van der Waals surface area contributed by atoms with E-state index in [4.69, 9.17) is 5.41 Å². The number of rotatable bonds is 2. The molecule has 5 heteroatoms. The molecule has 0 fully saturated rings. The summed E-state index contributed by atoms with van der Waals surface area (Å²) in [6.45, 7) is 0. The number of pyridine rings is 1. The molecular formula is C14H15N5. The Morgan fingerprint density at radius 2 is 1.79 bits per heavy atom. The number of hydrogen-bond donors (Lipinski definition) is 3. The van der Waals surface area contributed by atoms with E-state index < -0.39 is 0 Å². The average molecular weight is 253 g/mol. The minimum absolute atomic E-state index is 0.200. The van der Waals surface area contributed by atoms with Crippen molar-refractivity contribution < 1.29 is 0 Å². The smallest absolute Gasteiger partial charge is 0.202 e. The number of nitrogens with zero attached hydrogens (tertiary/aromatic N) is 2. The molecule has 0 aliphatic heterocycles. The van der Waals surface area contributed by atoms with Crippen LogP contribution in [0.4, 0.5) is 5.69 Å². The molecule has 0 atom stereocenters. The highest BCUT2D eigenvalue weighted by Crippen LogP contribution is 2.04. The molecule has 0 amide bonds. The first-order valence-corrected chi connectivity index (χ1v) is 5.87. The summed E-state index contributed by atoms with van der Waals surface area (Å²) in [4.78, 5) is 8.16. The molecular weight excluding hydrogens is 238 g/mol. The van der Waals surface area contributed by atoms with Gasteiger partial charge in [0, 0.05) is 30.7 Å². The van der Waals surface area contributed by atoms with Crippen molar-refractivity contribution in [2.75, 3.05) is 12.4 Å². The predicted molar refractivity (Wildman–Crippen MR) is 77.6 cm³/mol. The van der Waals surface area contributed by atoms with Gasteiger partial charge in [-0.1, -0.05) is 30.3 Å². The molecule has 1 aromatic heterocycles. The summed E-state index contributed by atoms with van der Waals surface area (Å²) in [5.74, 6) is 0.714. The second kappa shape index (κ2) is 6.30. The van der Waals surface area contributed by atoms with Gasteiger partial charge in [-0.15, -0.1) is 0 Å². The van der Waals surface area contributed by atoms with E-state index in [1.165, 1.54) is 0 Å². The third-order valence-corrected chi connectivity index (χ3v) is 2.45. The van der Waals surface area contributed by atoms with Gasteiger partial charge in [0.15, 0.2) is 5.84 Å². The number of nitrogens with one attached hydrogen (secondary N) is 3. The van der Waals surface area contributed by atoms with Crippen LogP contribution in [0.3, 0.4) is 0 Å². The van der Waals surface area contributed by atoms with Crippen LogP contribution in [-0.4, -0.2) is 23.8 Å². The Morgan fingerprint density at radius 1 is 1.11 bits per heavy atom. The van der Waals surface area contributed by atoms with Crippen molar-refractivity contribution in [1.29, 1.82) is 5.41 Å². The normalized spacial score (nSPS) is 10.9. The summed E-state index contributed by atoms with van der Waals surface area (Å²) in [6, 6.07) is 13.0. The summed E-state index contributed by atoms with van der Waals surface area (Å²) < 4.78 is 0. The molecule has 2 rings (SSSR count). The zero-order chi connectivity index (χ0) is 13.5. The highest BCUT2D eigenvalue weighted by atomic mass is 15.2. The van der Waals surface area contributed by atoms with Gasteiger partial charge in [0.2, 0.25) is 5.96 Å². The van der Waals surface area contributed by atoms with E-state index in [-0.39, 0.29) is 5.84 Å². The zero-order valence-electron chi connectivity index (χ0n) is 10.6. The minimum atomic E-state index is 0.200. The zero-order valence-corrected chi connectivity index (χ0v) is 10.6. The second-order valence-electron chi connectivity index (χ2n) is 3.79. The van der Waals surface area contributed by atoms with Gasteiger partial charge in [-0.25, -0.2) is 0 Å². The van der Waals surface area contributed by atoms with Crippen molar-refractivity contribution in [1.82, 2.24) is 10.3 Å². The third kappa shape index (κ3) is 3.64. The minimum Gasteiger partial charge on any atom is -0.359 e. The first-order chi connectivity index (χ1) is 9.29. The molecule has 96 valence electrons. The van der Waals surface area contributed by atoms with E-state index in [2.05, 4.69) is 20.6 Å². The maximum absolute atomic E-state index is 7.95. The van der Waals surface area contributed by atoms with Crippen LogP contribution in [0.5, 0.6) is 0 Å². The first-order valence-electron chi connectivity index (χ1n) is 5.87. The Bertz CT molecular complexity index is 563. The molecule has 0 spiro atoms. The fourth-order valence-corrected chi connectivity index (χ4v) is 1.49. The fraction of sp³-hybridized carbons (Fsp3) is 0.0714. The molecule has 0 saturated carbocycles. The summed E-state index contributed by atoms with van der Waals surface area (Å²) in [5.41, 5.74) is 1.63. The van der Waals surface area contributed by atoms with Gasteiger partial charge in [0.25, 0.3) is 0 Å². The molecule has 2 aromatic rings. The second-order valence-corrected chi connectivity index (χ2v) is 3.79. The molecule has 1 heterocycles. The van der Waals surface area contributed by atoms with Crippen molar-refractivity contribution in [3.63, 3.8) is 0 Å². The Balaban J connectivity index is 2.13. The highest BCUT2D eigenvalue weighted by molar-refractivity contribution is 6.07. The quantitative estimate of drug-likeness (QED) is 0.567. The van der Waals surface area contributed by atoms with Crippen molar-refractivity contribution in [3.05, 3.63) is 60.4 Å². The van der Waals surface area contributed by atoms with E-state index >= 15 is 0 Å². The molecule has 1 aromatic carbocycles. The fourth-order valence-electron chi connectivity index (χ4n) is 1.49. The molecule has 3 N–H and O–H groups in total. The van der Waals surface area contributed by atoms with Crippen LogP contribution < -0.4 is 10.6 Å². The largest absolute Gasteiger partial charge is 0.359 e. The molecule has 5 nitrogen and oxygen atoms in total. The molecule has 0 aliphatic carbocycles.